The van der Waals surface area contributed by atoms with E-state index in [-0.39, 0.29) is 18.9 Å². The van der Waals surface area contributed by atoms with Crippen molar-refractivity contribution < 1.29 is 14.6 Å². The minimum absolute atomic E-state index is 0.0421. The van der Waals surface area contributed by atoms with Gasteiger partial charge in [-0.25, -0.2) is 0 Å². The molecule has 2 aliphatic rings. The van der Waals surface area contributed by atoms with Crippen LogP contribution in [0.15, 0.2) is 24.0 Å². The summed E-state index contributed by atoms with van der Waals surface area (Å²) in [5, 5.41) is 8.97. The highest BCUT2D eigenvalue weighted by Crippen LogP contribution is 2.25. The van der Waals surface area contributed by atoms with Crippen molar-refractivity contribution in [2.24, 2.45) is 5.73 Å². The number of amides is 1. The molecule has 0 aromatic rings. The van der Waals surface area contributed by atoms with E-state index < -0.39 is 5.91 Å². The predicted octanol–water partition coefficient (Wildman–Crippen LogP) is 0.0724. The van der Waals surface area contributed by atoms with E-state index in [4.69, 9.17) is 15.6 Å². The number of carbonyl (C=O) groups is 1. The Kier molecular flexibility index (Phi) is 3.26. The first-order valence-electron chi connectivity index (χ1n) is 5.41. The Labute approximate surface area is 94.2 Å². The summed E-state index contributed by atoms with van der Waals surface area (Å²) in [5.74, 6) is -0.397. The van der Waals surface area contributed by atoms with E-state index in [2.05, 4.69) is 0 Å². The van der Waals surface area contributed by atoms with Gasteiger partial charge in [-0.3, -0.25) is 4.79 Å². The van der Waals surface area contributed by atoms with Gasteiger partial charge in [0, 0.05) is 18.0 Å². The molecule has 2 heterocycles. The van der Waals surface area contributed by atoms with Gasteiger partial charge < -0.3 is 20.5 Å². The summed E-state index contributed by atoms with van der Waals surface area (Å²) in [7, 11) is 0. The van der Waals surface area contributed by atoms with E-state index in [1.165, 1.54) is 0 Å². The molecule has 0 spiro atoms. The first-order chi connectivity index (χ1) is 7.70. The summed E-state index contributed by atoms with van der Waals surface area (Å²) >= 11 is 0. The first kappa shape index (κ1) is 11.2. The lowest BCUT2D eigenvalue weighted by atomic mass is 10.1. The van der Waals surface area contributed by atoms with Crippen LogP contribution in [-0.4, -0.2) is 34.9 Å². The molecule has 5 nitrogen and oxygen atoms in total. The highest BCUT2D eigenvalue weighted by atomic mass is 16.5. The number of aliphatic hydroxyl groups is 1. The van der Waals surface area contributed by atoms with Gasteiger partial charge in [-0.15, -0.1) is 0 Å². The van der Waals surface area contributed by atoms with Crippen LogP contribution in [0.4, 0.5) is 0 Å². The average Bonchev–Trinajstić information content (AvgIpc) is 2.77. The van der Waals surface area contributed by atoms with Crippen LogP contribution in [0.5, 0.6) is 0 Å². The van der Waals surface area contributed by atoms with Crippen LogP contribution < -0.4 is 5.73 Å². The van der Waals surface area contributed by atoms with Gasteiger partial charge in [0.25, 0.3) is 0 Å². The standard InChI is InChI=1S/C11H16N2O3/c12-11(15)8-2-1-5-13(6-8)10-4-3-9(7-14)16-10/h1,5-6,9-10,14H,2-4,7H2,(H2,12,15)/t9?,10-/m1/s1. The SMILES string of the molecule is NC(=O)C1=CN([C@H]2CCC(CO)O2)C=CC1. The van der Waals surface area contributed by atoms with Crippen molar-refractivity contribution in [3.63, 3.8) is 0 Å². The summed E-state index contributed by atoms with van der Waals surface area (Å²) in [5.41, 5.74) is 5.81. The molecular formula is C11H16N2O3. The van der Waals surface area contributed by atoms with Crippen LogP contribution in [0.2, 0.25) is 0 Å². The maximum absolute atomic E-state index is 11.0. The molecule has 2 rings (SSSR count). The third-order valence-corrected chi connectivity index (χ3v) is 2.86. The number of hydrogen-bond donors (Lipinski definition) is 2. The highest BCUT2D eigenvalue weighted by molar-refractivity contribution is 5.92. The van der Waals surface area contributed by atoms with E-state index in [0.29, 0.717) is 12.0 Å². The van der Waals surface area contributed by atoms with E-state index in [9.17, 15) is 4.79 Å². The van der Waals surface area contributed by atoms with Gasteiger partial charge in [0.15, 0.2) is 0 Å². The Morgan fingerprint density at radius 2 is 2.44 bits per heavy atom. The Morgan fingerprint density at radius 1 is 1.62 bits per heavy atom. The quantitative estimate of drug-likeness (QED) is 0.711. The van der Waals surface area contributed by atoms with Gasteiger partial charge in [-0.05, 0) is 19.3 Å². The second-order valence-electron chi connectivity index (χ2n) is 4.03. The number of carbonyl (C=O) groups excluding carboxylic acids is 1. The van der Waals surface area contributed by atoms with Crippen LogP contribution in [0.1, 0.15) is 19.3 Å². The molecule has 1 amide bonds. The predicted molar refractivity (Wildman–Crippen MR) is 57.9 cm³/mol. The van der Waals surface area contributed by atoms with Crippen molar-refractivity contribution in [3.8, 4) is 0 Å². The molecule has 88 valence electrons. The second kappa shape index (κ2) is 4.67. The number of primary amides is 1. The van der Waals surface area contributed by atoms with Gasteiger partial charge in [-0.1, -0.05) is 6.08 Å². The van der Waals surface area contributed by atoms with Crippen LogP contribution in [0.3, 0.4) is 0 Å². The summed E-state index contributed by atoms with van der Waals surface area (Å²) in [4.78, 5) is 12.9. The molecule has 2 aliphatic heterocycles. The highest BCUT2D eigenvalue weighted by Gasteiger charge is 2.28. The Morgan fingerprint density at radius 3 is 3.06 bits per heavy atom. The topological polar surface area (TPSA) is 75.8 Å². The second-order valence-corrected chi connectivity index (χ2v) is 4.03. The molecule has 5 heteroatoms. The number of rotatable bonds is 3. The third-order valence-electron chi connectivity index (χ3n) is 2.86. The van der Waals surface area contributed by atoms with Crippen molar-refractivity contribution in [1.29, 1.82) is 0 Å². The minimum Gasteiger partial charge on any atom is -0.394 e. The van der Waals surface area contributed by atoms with Gasteiger partial charge in [-0.2, -0.15) is 0 Å². The lowest BCUT2D eigenvalue weighted by Gasteiger charge is -2.26. The zero-order valence-corrected chi connectivity index (χ0v) is 9.00. The number of nitrogens with two attached hydrogens (primary N) is 1. The molecule has 1 saturated heterocycles. The molecule has 16 heavy (non-hydrogen) atoms. The molecule has 1 fully saturated rings. The number of aliphatic hydroxyl groups excluding tert-OH is 1. The van der Waals surface area contributed by atoms with Crippen molar-refractivity contribution in [3.05, 3.63) is 24.0 Å². The van der Waals surface area contributed by atoms with Crippen LogP contribution in [0, 0.1) is 0 Å². The van der Waals surface area contributed by atoms with Crippen molar-refractivity contribution in [2.75, 3.05) is 6.61 Å². The van der Waals surface area contributed by atoms with E-state index >= 15 is 0 Å². The van der Waals surface area contributed by atoms with Gasteiger partial charge in [0.2, 0.25) is 5.91 Å². The van der Waals surface area contributed by atoms with E-state index in [1.54, 1.807) is 6.20 Å². The fourth-order valence-electron chi connectivity index (χ4n) is 1.96. The molecule has 2 atom stereocenters. The van der Waals surface area contributed by atoms with Gasteiger partial charge in [0.1, 0.15) is 6.23 Å². The Hall–Kier alpha value is -1.33. The summed E-state index contributed by atoms with van der Waals surface area (Å²) < 4.78 is 5.61. The minimum atomic E-state index is -0.397. The molecule has 0 aromatic carbocycles. The van der Waals surface area contributed by atoms with Crippen LogP contribution in [0.25, 0.3) is 0 Å². The molecule has 0 saturated carbocycles. The summed E-state index contributed by atoms with van der Waals surface area (Å²) in [6, 6.07) is 0. The van der Waals surface area contributed by atoms with Crippen molar-refractivity contribution in [1.82, 2.24) is 4.90 Å². The molecule has 1 unspecified atom stereocenters. The fourth-order valence-corrected chi connectivity index (χ4v) is 1.96. The van der Waals surface area contributed by atoms with Gasteiger partial charge >= 0.3 is 0 Å². The van der Waals surface area contributed by atoms with Crippen molar-refractivity contribution >= 4 is 5.91 Å². The number of allylic oxidation sites excluding steroid dienone is 1. The zero-order chi connectivity index (χ0) is 11.5. The molecular weight excluding hydrogens is 208 g/mol. The monoisotopic (exact) mass is 224 g/mol. The van der Waals surface area contributed by atoms with Crippen LogP contribution >= 0.6 is 0 Å². The lowest BCUT2D eigenvalue weighted by Crippen LogP contribution is -2.30. The van der Waals surface area contributed by atoms with Gasteiger partial charge in [0.05, 0.1) is 12.7 Å². The van der Waals surface area contributed by atoms with Crippen molar-refractivity contribution in [2.45, 2.75) is 31.6 Å². The normalized spacial score (nSPS) is 29.3. The molecule has 0 aromatic heterocycles. The molecule has 0 aliphatic carbocycles. The largest absolute Gasteiger partial charge is 0.394 e. The average molecular weight is 224 g/mol. The Bertz CT molecular complexity index is 338. The van der Waals surface area contributed by atoms with E-state index in [0.717, 1.165) is 12.8 Å². The third kappa shape index (κ3) is 2.25. The maximum atomic E-state index is 11.0. The fraction of sp³-hybridized carbons (Fsp3) is 0.545. The molecule has 0 bridgehead atoms. The Balaban J connectivity index is 2.02. The number of ether oxygens (including phenoxy) is 1. The molecule has 0 radical (unpaired) electrons. The zero-order valence-electron chi connectivity index (χ0n) is 9.00. The van der Waals surface area contributed by atoms with Crippen LogP contribution in [-0.2, 0) is 9.53 Å². The van der Waals surface area contributed by atoms with E-state index in [1.807, 2.05) is 17.2 Å². The first-order valence-corrected chi connectivity index (χ1v) is 5.41. The summed E-state index contributed by atoms with van der Waals surface area (Å²) in [6.45, 7) is 0.0421. The smallest absolute Gasteiger partial charge is 0.246 e. The number of nitrogens with zero attached hydrogens (tertiary/aromatic N) is 1. The number of hydrogen-bond acceptors (Lipinski definition) is 4. The maximum Gasteiger partial charge on any atom is 0.246 e. The molecule has 3 N–H and O–H groups in total. The lowest BCUT2D eigenvalue weighted by molar-refractivity contribution is -0.114. The summed E-state index contributed by atoms with van der Waals surface area (Å²) in [6.07, 6.45) is 7.57.